The number of hydrogen-bond donors (Lipinski definition) is 1. The van der Waals surface area contributed by atoms with Crippen molar-refractivity contribution in [1.82, 2.24) is 14.8 Å². The van der Waals surface area contributed by atoms with Gasteiger partial charge in [0.2, 0.25) is 5.91 Å². The van der Waals surface area contributed by atoms with Crippen LogP contribution >= 0.6 is 34.4 Å². The highest BCUT2D eigenvalue weighted by Crippen LogP contribution is 2.45. The number of thiophene rings is 2. The second kappa shape index (κ2) is 10.9. The Morgan fingerprint density at radius 2 is 2.19 bits per heavy atom. The lowest BCUT2D eigenvalue weighted by atomic mass is 9.69. The third-order valence-electron chi connectivity index (χ3n) is 7.53. The van der Waals surface area contributed by atoms with E-state index < -0.39 is 0 Å². The van der Waals surface area contributed by atoms with Crippen LogP contribution in [-0.4, -0.2) is 26.4 Å². The van der Waals surface area contributed by atoms with E-state index in [1.165, 1.54) is 27.1 Å². The van der Waals surface area contributed by atoms with Crippen LogP contribution in [0.25, 0.3) is 11.4 Å². The summed E-state index contributed by atoms with van der Waals surface area (Å²) in [6.45, 7) is 15.5. The van der Waals surface area contributed by atoms with Crippen molar-refractivity contribution in [3.05, 3.63) is 44.5 Å². The predicted molar refractivity (Wildman–Crippen MR) is 151 cm³/mol. The van der Waals surface area contributed by atoms with Crippen LogP contribution in [0.4, 0.5) is 5.00 Å². The first-order chi connectivity index (χ1) is 17.2. The van der Waals surface area contributed by atoms with Crippen LogP contribution in [-0.2, 0) is 24.2 Å². The van der Waals surface area contributed by atoms with E-state index in [1.807, 2.05) is 10.6 Å². The molecule has 0 saturated carbocycles. The maximum absolute atomic E-state index is 12.9. The zero-order chi connectivity index (χ0) is 26.0. The number of carbonyl (C=O) groups is 1. The van der Waals surface area contributed by atoms with Gasteiger partial charge in [-0.1, -0.05) is 45.0 Å². The number of rotatable bonds is 9. The predicted octanol–water partition coefficient (Wildman–Crippen LogP) is 7.01. The number of aromatic nitrogens is 3. The molecule has 1 atom stereocenters. The van der Waals surface area contributed by atoms with E-state index in [0.717, 1.165) is 42.6 Å². The number of amides is 1. The molecule has 3 heterocycles. The molecule has 36 heavy (non-hydrogen) atoms. The van der Waals surface area contributed by atoms with E-state index in [1.54, 1.807) is 22.7 Å². The van der Waals surface area contributed by atoms with Crippen LogP contribution in [0.5, 0.6) is 0 Å². The number of anilines is 1. The summed E-state index contributed by atoms with van der Waals surface area (Å²) in [6, 6.07) is 2.36. The Balaban J connectivity index is 1.48. The van der Waals surface area contributed by atoms with Crippen molar-refractivity contribution in [2.24, 2.45) is 11.3 Å². The van der Waals surface area contributed by atoms with E-state index in [-0.39, 0.29) is 17.1 Å². The second-order valence-corrected chi connectivity index (χ2v) is 13.1. The lowest BCUT2D eigenvalue weighted by molar-refractivity contribution is -0.113. The van der Waals surface area contributed by atoms with Gasteiger partial charge in [-0.3, -0.25) is 9.36 Å². The Hall–Kier alpha value is -2.41. The van der Waals surface area contributed by atoms with E-state index in [0.29, 0.717) is 28.2 Å². The van der Waals surface area contributed by atoms with Crippen molar-refractivity contribution >= 4 is 45.3 Å². The molecule has 0 aliphatic heterocycles. The molecular weight excluding hydrogens is 507 g/mol. The minimum atomic E-state index is -0.141. The molecular formula is C27H33N5OS3. The number of nitrogens with zero attached hydrogens (tertiary/aromatic N) is 4. The molecule has 1 aliphatic rings. The lowest BCUT2D eigenvalue weighted by Crippen LogP contribution is -2.28. The van der Waals surface area contributed by atoms with Crippen molar-refractivity contribution in [1.29, 1.82) is 5.26 Å². The van der Waals surface area contributed by atoms with Gasteiger partial charge in [0.05, 0.1) is 11.3 Å². The number of nitriles is 1. The fourth-order valence-corrected chi connectivity index (χ4v) is 7.57. The standard InChI is InChI=1S/C27H33N5OS3/c1-7-11-32-24(21-14-34-17(4)16(21)3)30-31-26(32)35-15-23(33)29-25-20(13-28)19-10-9-18(12-22(19)36-25)27(5,6)8-2/h7,14,18H,1,8-12,15H2,2-6H3,(H,29,33). The summed E-state index contributed by atoms with van der Waals surface area (Å²) in [4.78, 5) is 15.4. The van der Waals surface area contributed by atoms with Crippen molar-refractivity contribution in [3.8, 4) is 17.5 Å². The van der Waals surface area contributed by atoms with Crippen molar-refractivity contribution in [2.45, 2.75) is 72.0 Å². The van der Waals surface area contributed by atoms with Gasteiger partial charge in [0.1, 0.15) is 11.1 Å². The number of hydrogen-bond acceptors (Lipinski definition) is 7. The molecule has 0 radical (unpaired) electrons. The molecule has 1 amide bonds. The van der Waals surface area contributed by atoms with Crippen LogP contribution in [0.1, 0.15) is 60.1 Å². The first-order valence-electron chi connectivity index (χ1n) is 12.3. The van der Waals surface area contributed by atoms with Crippen LogP contribution in [0.2, 0.25) is 0 Å². The third-order valence-corrected chi connectivity index (χ3v) is 10.7. The number of thioether (sulfide) groups is 1. The molecule has 1 aliphatic carbocycles. The molecule has 0 fully saturated rings. The highest BCUT2D eigenvalue weighted by atomic mass is 32.2. The van der Waals surface area contributed by atoms with E-state index >= 15 is 0 Å². The zero-order valence-electron chi connectivity index (χ0n) is 21.6. The number of allylic oxidation sites excluding steroid dienone is 1. The Bertz CT molecular complexity index is 1320. The molecule has 1 N–H and O–H groups in total. The van der Waals surface area contributed by atoms with Gasteiger partial charge in [-0.2, -0.15) is 5.26 Å². The molecule has 190 valence electrons. The summed E-state index contributed by atoms with van der Waals surface area (Å²) >= 11 is 4.62. The van der Waals surface area contributed by atoms with Gasteiger partial charge in [-0.05, 0) is 55.6 Å². The Morgan fingerprint density at radius 1 is 1.42 bits per heavy atom. The molecule has 0 saturated heterocycles. The fourth-order valence-electron chi connectivity index (χ4n) is 4.66. The largest absolute Gasteiger partial charge is 0.316 e. The Morgan fingerprint density at radius 3 is 2.83 bits per heavy atom. The SMILES string of the molecule is C=CCn1c(SCC(=O)Nc2sc3c(c2C#N)CCC(C(C)(C)CC)C3)nnc1-c1csc(C)c1C. The lowest BCUT2D eigenvalue weighted by Gasteiger charge is -2.36. The first kappa shape index (κ1) is 26.6. The Labute approximate surface area is 225 Å². The van der Waals surface area contributed by atoms with Crippen LogP contribution in [0.3, 0.4) is 0 Å². The highest BCUT2D eigenvalue weighted by molar-refractivity contribution is 7.99. The van der Waals surface area contributed by atoms with Crippen molar-refractivity contribution < 1.29 is 4.79 Å². The van der Waals surface area contributed by atoms with E-state index in [9.17, 15) is 10.1 Å². The maximum Gasteiger partial charge on any atom is 0.235 e. The van der Waals surface area contributed by atoms with Gasteiger partial charge in [0.25, 0.3) is 0 Å². The molecule has 3 aromatic heterocycles. The van der Waals surface area contributed by atoms with Gasteiger partial charge in [-0.15, -0.1) is 39.4 Å². The number of carbonyl (C=O) groups excluding carboxylic acids is 1. The summed E-state index contributed by atoms with van der Waals surface area (Å²) in [5, 5.41) is 25.1. The number of nitrogens with one attached hydrogen (secondary N) is 1. The molecule has 6 nitrogen and oxygen atoms in total. The third kappa shape index (κ3) is 5.17. The minimum absolute atomic E-state index is 0.141. The van der Waals surface area contributed by atoms with Gasteiger partial charge < -0.3 is 5.32 Å². The van der Waals surface area contributed by atoms with Crippen LogP contribution in [0, 0.1) is 36.5 Å². The average molecular weight is 540 g/mol. The summed E-state index contributed by atoms with van der Waals surface area (Å²) in [5.74, 6) is 1.44. The monoisotopic (exact) mass is 539 g/mol. The molecule has 0 aromatic carbocycles. The number of aryl methyl sites for hydroxylation is 1. The summed E-state index contributed by atoms with van der Waals surface area (Å²) in [6.07, 6.45) is 5.92. The average Bonchev–Trinajstić information content (AvgIpc) is 3.52. The first-order valence-corrected chi connectivity index (χ1v) is 14.9. The van der Waals surface area contributed by atoms with E-state index in [4.69, 9.17) is 0 Å². The van der Waals surface area contributed by atoms with Crippen molar-refractivity contribution in [2.75, 3.05) is 11.1 Å². The fraction of sp³-hybridized carbons (Fsp3) is 0.481. The summed E-state index contributed by atoms with van der Waals surface area (Å²) < 4.78 is 2.00. The van der Waals surface area contributed by atoms with Gasteiger partial charge in [0, 0.05) is 27.2 Å². The van der Waals surface area contributed by atoms with Gasteiger partial charge in [-0.25, -0.2) is 0 Å². The van der Waals surface area contributed by atoms with E-state index in [2.05, 4.69) is 68.2 Å². The van der Waals surface area contributed by atoms with Crippen LogP contribution in [0.15, 0.2) is 23.2 Å². The highest BCUT2D eigenvalue weighted by Gasteiger charge is 2.34. The molecule has 0 spiro atoms. The normalized spacial score (nSPS) is 15.4. The summed E-state index contributed by atoms with van der Waals surface area (Å²) in [7, 11) is 0. The summed E-state index contributed by atoms with van der Waals surface area (Å²) in [5.41, 5.74) is 4.30. The molecule has 4 rings (SSSR count). The van der Waals surface area contributed by atoms with Crippen LogP contribution < -0.4 is 5.32 Å². The molecule has 1 unspecified atom stereocenters. The van der Waals surface area contributed by atoms with Crippen molar-refractivity contribution in [3.63, 3.8) is 0 Å². The van der Waals surface area contributed by atoms with Gasteiger partial charge >= 0.3 is 0 Å². The maximum atomic E-state index is 12.9. The van der Waals surface area contributed by atoms with Gasteiger partial charge in [0.15, 0.2) is 11.0 Å². The smallest absolute Gasteiger partial charge is 0.235 e. The topological polar surface area (TPSA) is 83.6 Å². The zero-order valence-corrected chi connectivity index (χ0v) is 24.1. The molecule has 0 bridgehead atoms. The second-order valence-electron chi connectivity index (χ2n) is 9.97. The molecule has 3 aromatic rings. The number of fused-ring (bicyclic) bond motifs is 1. The quantitative estimate of drug-likeness (QED) is 0.233. The Kier molecular flexibility index (Phi) is 8.08. The minimum Gasteiger partial charge on any atom is -0.316 e. The molecule has 9 heteroatoms.